The Morgan fingerprint density at radius 2 is 1.57 bits per heavy atom. The van der Waals surface area contributed by atoms with Crippen LogP contribution in [0.4, 0.5) is 0 Å². The molecule has 1 aliphatic rings. The van der Waals surface area contributed by atoms with Crippen LogP contribution >= 0.6 is 0 Å². The predicted octanol–water partition coefficient (Wildman–Crippen LogP) is 7.30. The molecule has 0 bridgehead atoms. The summed E-state index contributed by atoms with van der Waals surface area (Å²) in [6, 6.07) is 12.8. The van der Waals surface area contributed by atoms with Crippen molar-refractivity contribution >= 4 is 5.78 Å². The second kappa shape index (κ2) is 13.7. The van der Waals surface area contributed by atoms with Gasteiger partial charge in [0.2, 0.25) is 0 Å². The van der Waals surface area contributed by atoms with E-state index >= 15 is 0 Å². The third-order valence-electron chi connectivity index (χ3n) is 7.33. The highest BCUT2D eigenvalue weighted by molar-refractivity contribution is 5.84. The summed E-state index contributed by atoms with van der Waals surface area (Å²) < 4.78 is 17.9. The highest BCUT2D eigenvalue weighted by atomic mass is 16.5. The maximum absolute atomic E-state index is 14.1. The molecule has 1 saturated carbocycles. The Morgan fingerprint density at radius 3 is 2.23 bits per heavy atom. The Hall–Kier alpha value is -2.33. The van der Waals surface area contributed by atoms with Crippen LogP contribution in [0.15, 0.2) is 36.4 Å². The molecule has 0 spiro atoms. The van der Waals surface area contributed by atoms with Crippen molar-refractivity contribution in [3.63, 3.8) is 0 Å². The van der Waals surface area contributed by atoms with E-state index in [1.807, 2.05) is 19.9 Å². The smallest absolute Gasteiger partial charge is 0.142 e. The van der Waals surface area contributed by atoms with E-state index in [-0.39, 0.29) is 17.9 Å². The first-order valence-corrected chi connectivity index (χ1v) is 13.6. The lowest BCUT2D eigenvalue weighted by Crippen LogP contribution is -2.32. The highest BCUT2D eigenvalue weighted by Gasteiger charge is 2.35. The molecule has 3 atom stereocenters. The second-order valence-corrected chi connectivity index (χ2v) is 9.59. The van der Waals surface area contributed by atoms with Crippen molar-refractivity contribution in [3.05, 3.63) is 58.7 Å². The van der Waals surface area contributed by atoms with Gasteiger partial charge >= 0.3 is 0 Å². The topological polar surface area (TPSA) is 44.8 Å². The zero-order valence-electron chi connectivity index (χ0n) is 22.4. The van der Waals surface area contributed by atoms with Crippen LogP contribution < -0.4 is 9.47 Å². The lowest BCUT2D eigenvalue weighted by Gasteiger charge is -2.31. The molecule has 3 rings (SSSR count). The fraction of sp³-hybridized carbons (Fsp3) is 0.581. The third kappa shape index (κ3) is 6.88. The van der Waals surface area contributed by atoms with E-state index in [1.165, 1.54) is 11.1 Å². The molecule has 35 heavy (non-hydrogen) atoms. The van der Waals surface area contributed by atoms with Crippen molar-refractivity contribution in [1.29, 1.82) is 0 Å². The van der Waals surface area contributed by atoms with E-state index in [9.17, 15) is 4.79 Å². The lowest BCUT2D eigenvalue weighted by atomic mass is 9.76. The molecule has 0 heterocycles. The number of Topliss-reactive ketones (excluding diaryl/α,β-unsaturated/α-hetero) is 1. The quantitative estimate of drug-likeness (QED) is 0.338. The Balaban J connectivity index is 1.93. The molecule has 3 unspecified atom stereocenters. The van der Waals surface area contributed by atoms with Gasteiger partial charge < -0.3 is 14.2 Å². The monoisotopic (exact) mass is 480 g/mol. The van der Waals surface area contributed by atoms with Gasteiger partial charge in [0.25, 0.3) is 0 Å². The van der Waals surface area contributed by atoms with Crippen LogP contribution in [0, 0.1) is 11.8 Å². The van der Waals surface area contributed by atoms with E-state index in [2.05, 4.69) is 44.2 Å². The van der Waals surface area contributed by atoms with Crippen LogP contribution in [-0.4, -0.2) is 26.1 Å². The first kappa shape index (κ1) is 27.3. The molecule has 1 fully saturated rings. The molecule has 1 aliphatic carbocycles. The molecule has 0 aliphatic heterocycles. The molecule has 0 aromatic heterocycles. The third-order valence-corrected chi connectivity index (χ3v) is 7.33. The minimum atomic E-state index is -0.201. The Kier molecular flexibility index (Phi) is 10.7. The van der Waals surface area contributed by atoms with Crippen LogP contribution in [0.5, 0.6) is 11.5 Å². The van der Waals surface area contributed by atoms with Crippen molar-refractivity contribution < 1.29 is 19.0 Å². The summed E-state index contributed by atoms with van der Waals surface area (Å²) in [5, 5.41) is 0. The van der Waals surface area contributed by atoms with Gasteiger partial charge in [-0.05, 0) is 74.3 Å². The Bertz CT molecular complexity index is 951. The minimum absolute atomic E-state index is 0.0332. The van der Waals surface area contributed by atoms with Crippen LogP contribution in [0.25, 0.3) is 0 Å². The summed E-state index contributed by atoms with van der Waals surface area (Å²) in [7, 11) is 1.75. The van der Waals surface area contributed by atoms with Gasteiger partial charge in [0.15, 0.2) is 0 Å². The number of aryl methyl sites for hydroxylation is 2. The number of benzene rings is 2. The molecular formula is C31H44O4. The van der Waals surface area contributed by atoms with E-state index in [0.717, 1.165) is 67.6 Å². The summed E-state index contributed by atoms with van der Waals surface area (Å²) in [6.45, 7) is 9.52. The maximum Gasteiger partial charge on any atom is 0.142 e. The summed E-state index contributed by atoms with van der Waals surface area (Å²) in [5.41, 5.74) is 4.69. The summed E-state index contributed by atoms with van der Waals surface area (Å²) >= 11 is 0. The minimum Gasteiger partial charge on any atom is -0.493 e. The van der Waals surface area contributed by atoms with Crippen molar-refractivity contribution in [1.82, 2.24) is 0 Å². The average molecular weight is 481 g/mol. The fourth-order valence-electron chi connectivity index (χ4n) is 5.48. The van der Waals surface area contributed by atoms with Gasteiger partial charge in [-0.25, -0.2) is 0 Å². The Labute approximate surface area is 212 Å². The van der Waals surface area contributed by atoms with E-state index in [1.54, 1.807) is 7.11 Å². The molecule has 4 heteroatoms. The zero-order chi connectivity index (χ0) is 25.2. The van der Waals surface area contributed by atoms with Crippen molar-refractivity contribution in [2.24, 2.45) is 11.8 Å². The first-order valence-electron chi connectivity index (χ1n) is 13.6. The summed E-state index contributed by atoms with van der Waals surface area (Å²) in [5.74, 6) is 1.92. The maximum atomic E-state index is 14.1. The van der Waals surface area contributed by atoms with Crippen molar-refractivity contribution in [2.45, 2.75) is 85.2 Å². The molecule has 2 aromatic carbocycles. The SMILES string of the molecule is CCOc1cc(OCC)c(CC2CCCCCC(C(OC)c3cccc(CC)c3)C2=O)cc1CC. The highest BCUT2D eigenvalue weighted by Crippen LogP contribution is 2.38. The van der Waals surface area contributed by atoms with E-state index < -0.39 is 0 Å². The normalized spacial score (nSPS) is 19.6. The zero-order valence-corrected chi connectivity index (χ0v) is 22.4. The molecule has 0 amide bonds. The van der Waals surface area contributed by atoms with E-state index in [4.69, 9.17) is 14.2 Å². The van der Waals surface area contributed by atoms with Gasteiger partial charge in [0.1, 0.15) is 17.3 Å². The van der Waals surface area contributed by atoms with Gasteiger partial charge in [-0.15, -0.1) is 0 Å². The number of rotatable bonds is 11. The van der Waals surface area contributed by atoms with Gasteiger partial charge in [-0.3, -0.25) is 4.79 Å². The fourth-order valence-corrected chi connectivity index (χ4v) is 5.48. The van der Waals surface area contributed by atoms with Gasteiger partial charge in [-0.2, -0.15) is 0 Å². The molecule has 0 N–H and O–H groups in total. The molecule has 4 nitrogen and oxygen atoms in total. The van der Waals surface area contributed by atoms with E-state index in [0.29, 0.717) is 25.4 Å². The molecule has 0 saturated heterocycles. The lowest BCUT2D eigenvalue weighted by molar-refractivity contribution is -0.132. The van der Waals surface area contributed by atoms with Crippen LogP contribution in [0.2, 0.25) is 0 Å². The van der Waals surface area contributed by atoms with Crippen LogP contribution in [0.3, 0.4) is 0 Å². The van der Waals surface area contributed by atoms with Crippen molar-refractivity contribution in [3.8, 4) is 11.5 Å². The molecule has 2 aromatic rings. The van der Waals surface area contributed by atoms with Crippen LogP contribution in [0.1, 0.15) is 88.2 Å². The average Bonchev–Trinajstić information content (AvgIpc) is 2.87. The molecular weight excluding hydrogens is 436 g/mol. The predicted molar refractivity (Wildman–Crippen MR) is 143 cm³/mol. The number of methoxy groups -OCH3 is 1. The van der Waals surface area contributed by atoms with Crippen molar-refractivity contribution in [2.75, 3.05) is 20.3 Å². The number of hydrogen-bond donors (Lipinski definition) is 0. The largest absolute Gasteiger partial charge is 0.493 e. The number of ketones is 1. The van der Waals surface area contributed by atoms with Gasteiger partial charge in [-0.1, -0.05) is 57.4 Å². The number of carbonyl (C=O) groups excluding carboxylic acids is 1. The van der Waals surface area contributed by atoms with Gasteiger partial charge in [0.05, 0.1) is 19.3 Å². The molecule has 192 valence electrons. The first-order chi connectivity index (χ1) is 17.1. The summed E-state index contributed by atoms with van der Waals surface area (Å²) in [6.07, 6.45) is 7.49. The van der Waals surface area contributed by atoms with Gasteiger partial charge in [0, 0.05) is 25.0 Å². The second-order valence-electron chi connectivity index (χ2n) is 9.59. The number of hydrogen-bond acceptors (Lipinski definition) is 4. The Morgan fingerprint density at radius 1 is 0.857 bits per heavy atom. The molecule has 0 radical (unpaired) electrons. The summed E-state index contributed by atoms with van der Waals surface area (Å²) in [4.78, 5) is 14.1. The number of ether oxygens (including phenoxy) is 3. The standard InChI is InChI=1S/C31H44O4/c1-6-22-14-13-16-25(18-22)31(33-5)27-17-12-10-11-15-24(30(27)32)20-26-19-23(7-2)28(34-8-3)21-29(26)35-9-4/h13-14,16,18-19,21,24,27,31H,6-12,15,17,20H2,1-5H3. The van der Waals surface area contributed by atoms with Crippen LogP contribution in [-0.2, 0) is 28.8 Å². The number of carbonyl (C=O) groups is 1.